The molecule has 6 nitrogen and oxygen atoms in total. The van der Waals surface area contributed by atoms with Crippen molar-refractivity contribution in [2.24, 2.45) is 0 Å². The molecule has 2 aliphatic rings. The van der Waals surface area contributed by atoms with E-state index in [2.05, 4.69) is 10.6 Å². The van der Waals surface area contributed by atoms with Gasteiger partial charge in [-0.3, -0.25) is 10.1 Å². The molecule has 1 aromatic carbocycles. The Morgan fingerprint density at radius 2 is 1.96 bits per heavy atom. The predicted molar refractivity (Wildman–Crippen MR) is 85.1 cm³/mol. The summed E-state index contributed by atoms with van der Waals surface area (Å²) in [6.07, 6.45) is 1.68. The Balaban J connectivity index is 1.64. The van der Waals surface area contributed by atoms with Gasteiger partial charge in [-0.2, -0.15) is 0 Å². The van der Waals surface area contributed by atoms with Crippen LogP contribution in [0.2, 0.25) is 0 Å². The van der Waals surface area contributed by atoms with Gasteiger partial charge < -0.3 is 10.1 Å². The third-order valence-electron chi connectivity index (χ3n) is 3.72. The summed E-state index contributed by atoms with van der Waals surface area (Å²) in [7, 11) is 0.374. The van der Waals surface area contributed by atoms with Gasteiger partial charge in [0.2, 0.25) is 0 Å². The SMILES string of the molecule is O=C1NC(=O)/C(=C\c2ccc(-c3ccc4c(c3)COC4=O)[pH]2)N1. The highest BCUT2D eigenvalue weighted by Gasteiger charge is 2.23. The van der Waals surface area contributed by atoms with Gasteiger partial charge in [-0.1, -0.05) is 12.1 Å². The van der Waals surface area contributed by atoms with E-state index in [1.54, 1.807) is 12.1 Å². The quantitative estimate of drug-likeness (QED) is 0.503. The third kappa shape index (κ3) is 2.43. The molecule has 4 rings (SSSR count). The molecule has 0 saturated carbocycles. The van der Waals surface area contributed by atoms with Crippen molar-refractivity contribution >= 4 is 32.2 Å². The number of hydrogen-bond donors (Lipinski definition) is 2. The first kappa shape index (κ1) is 13.8. The molecule has 2 aliphatic heterocycles. The summed E-state index contributed by atoms with van der Waals surface area (Å²) < 4.78 is 5.01. The number of hydrogen-bond acceptors (Lipinski definition) is 4. The summed E-state index contributed by atoms with van der Waals surface area (Å²) in [5.41, 5.74) is 2.81. The Morgan fingerprint density at radius 1 is 1.09 bits per heavy atom. The van der Waals surface area contributed by atoms with Crippen LogP contribution in [-0.4, -0.2) is 17.9 Å². The summed E-state index contributed by atoms with van der Waals surface area (Å²) in [5.74, 6) is -0.691. The van der Waals surface area contributed by atoms with Crippen molar-refractivity contribution in [2.45, 2.75) is 6.61 Å². The van der Waals surface area contributed by atoms with Gasteiger partial charge in [0, 0.05) is 5.56 Å². The lowest BCUT2D eigenvalue weighted by Gasteiger charge is -2.00. The van der Waals surface area contributed by atoms with Crippen molar-refractivity contribution in [3.05, 3.63) is 52.5 Å². The van der Waals surface area contributed by atoms with Crippen molar-refractivity contribution in [3.8, 4) is 10.9 Å². The van der Waals surface area contributed by atoms with Crippen LogP contribution in [0.3, 0.4) is 0 Å². The van der Waals surface area contributed by atoms with Crippen molar-refractivity contribution < 1.29 is 19.1 Å². The smallest absolute Gasteiger partial charge is 0.338 e. The van der Waals surface area contributed by atoms with E-state index in [9.17, 15) is 14.4 Å². The van der Waals surface area contributed by atoms with Crippen molar-refractivity contribution in [2.75, 3.05) is 0 Å². The number of urea groups is 1. The van der Waals surface area contributed by atoms with Gasteiger partial charge in [0.05, 0.1) is 5.56 Å². The van der Waals surface area contributed by atoms with Gasteiger partial charge in [-0.05, 0) is 40.4 Å². The van der Waals surface area contributed by atoms with E-state index in [0.29, 0.717) is 20.4 Å². The van der Waals surface area contributed by atoms with Crippen LogP contribution >= 0.6 is 8.19 Å². The van der Waals surface area contributed by atoms with Crippen LogP contribution in [-0.2, 0) is 16.1 Å². The molecule has 114 valence electrons. The summed E-state index contributed by atoms with van der Waals surface area (Å²) in [4.78, 5) is 34.1. The lowest BCUT2D eigenvalue weighted by Crippen LogP contribution is -2.22. The van der Waals surface area contributed by atoms with E-state index in [0.717, 1.165) is 21.7 Å². The van der Waals surface area contributed by atoms with E-state index in [1.807, 2.05) is 24.3 Å². The second kappa shape index (κ2) is 5.11. The number of nitrogens with one attached hydrogen (secondary N) is 2. The molecule has 1 fully saturated rings. The molecule has 2 N–H and O–H groups in total. The fourth-order valence-electron chi connectivity index (χ4n) is 2.60. The molecule has 7 heteroatoms. The maximum Gasteiger partial charge on any atom is 0.338 e. The van der Waals surface area contributed by atoms with E-state index < -0.39 is 11.9 Å². The second-order valence-electron chi connectivity index (χ2n) is 5.24. The molecular formula is C16H11N2O4P. The Kier molecular flexibility index (Phi) is 3.06. The number of ether oxygens (including phenoxy) is 1. The molecular weight excluding hydrogens is 315 g/mol. The normalized spacial score (nSPS) is 18.3. The molecule has 2 aromatic rings. The molecule has 3 heterocycles. The number of benzene rings is 1. The fraction of sp³-hybridized carbons (Fsp3) is 0.0625. The van der Waals surface area contributed by atoms with Gasteiger partial charge in [0.1, 0.15) is 12.3 Å². The molecule has 1 unspecified atom stereocenters. The van der Waals surface area contributed by atoms with Gasteiger partial charge >= 0.3 is 12.0 Å². The molecule has 23 heavy (non-hydrogen) atoms. The molecule has 0 radical (unpaired) electrons. The monoisotopic (exact) mass is 326 g/mol. The Morgan fingerprint density at radius 3 is 2.74 bits per heavy atom. The molecule has 1 saturated heterocycles. The van der Waals surface area contributed by atoms with Crippen LogP contribution in [0.4, 0.5) is 4.79 Å². The maximum absolute atomic E-state index is 11.5. The molecule has 1 aromatic heterocycles. The summed E-state index contributed by atoms with van der Waals surface area (Å²) in [6.45, 7) is 0.314. The minimum Gasteiger partial charge on any atom is -0.457 e. The largest absolute Gasteiger partial charge is 0.457 e. The zero-order valence-corrected chi connectivity index (χ0v) is 12.8. The number of esters is 1. The zero-order valence-electron chi connectivity index (χ0n) is 11.8. The van der Waals surface area contributed by atoms with Gasteiger partial charge in [0.25, 0.3) is 5.91 Å². The molecule has 0 aliphatic carbocycles. The summed E-state index contributed by atoms with van der Waals surface area (Å²) in [6, 6.07) is 9.06. The van der Waals surface area contributed by atoms with Crippen LogP contribution in [0.25, 0.3) is 16.9 Å². The Hall–Kier alpha value is -2.85. The lowest BCUT2D eigenvalue weighted by molar-refractivity contribution is -0.115. The highest BCUT2D eigenvalue weighted by Crippen LogP contribution is 2.35. The van der Waals surface area contributed by atoms with Crippen molar-refractivity contribution in [3.63, 3.8) is 0 Å². The molecule has 0 spiro atoms. The predicted octanol–water partition coefficient (Wildman–Crippen LogP) is 2.24. The van der Waals surface area contributed by atoms with E-state index in [4.69, 9.17) is 4.74 Å². The summed E-state index contributed by atoms with van der Waals surface area (Å²) >= 11 is 0. The molecule has 1 atom stereocenters. The minimum absolute atomic E-state index is 0.261. The number of fused-ring (bicyclic) bond motifs is 1. The number of cyclic esters (lactones) is 1. The number of carbonyl (C=O) groups is 3. The van der Waals surface area contributed by atoms with Crippen LogP contribution in [0.5, 0.6) is 0 Å². The Bertz CT molecular complexity index is 897. The first-order chi connectivity index (χ1) is 11.1. The minimum atomic E-state index is -0.500. The van der Waals surface area contributed by atoms with E-state index in [1.165, 1.54) is 0 Å². The standard InChI is InChI=1S/C16H11N2O4P/c19-14-12(17-16(21)18-14)6-10-2-4-13(23-10)8-1-3-11-9(5-8)7-22-15(11)20/h1-6,23H,7H2,(H2,17,18,19,21)/b12-6+. The number of rotatable bonds is 2. The zero-order chi connectivity index (χ0) is 16.0. The first-order valence-corrected chi connectivity index (χ1v) is 7.93. The lowest BCUT2D eigenvalue weighted by atomic mass is 10.1. The summed E-state index contributed by atoms with van der Waals surface area (Å²) in [5, 5.41) is 6.72. The second-order valence-corrected chi connectivity index (χ2v) is 6.61. The highest BCUT2D eigenvalue weighted by molar-refractivity contribution is 7.35. The maximum atomic E-state index is 11.5. The highest BCUT2D eigenvalue weighted by atomic mass is 31.0. The average Bonchev–Trinajstić information content (AvgIpc) is 3.21. The number of imide groups is 1. The van der Waals surface area contributed by atoms with Gasteiger partial charge in [0.15, 0.2) is 0 Å². The number of amides is 3. The van der Waals surface area contributed by atoms with Crippen molar-refractivity contribution in [1.82, 2.24) is 10.6 Å². The Labute approximate surface area is 132 Å². The van der Waals surface area contributed by atoms with Crippen LogP contribution in [0.1, 0.15) is 21.2 Å². The van der Waals surface area contributed by atoms with Gasteiger partial charge in [-0.25, -0.2) is 9.59 Å². The number of carbonyl (C=O) groups excluding carboxylic acids is 3. The van der Waals surface area contributed by atoms with E-state index in [-0.39, 0.29) is 11.7 Å². The first-order valence-electron chi connectivity index (χ1n) is 6.93. The van der Waals surface area contributed by atoms with Gasteiger partial charge in [-0.15, -0.1) is 8.19 Å². The third-order valence-corrected chi connectivity index (χ3v) is 5.05. The van der Waals surface area contributed by atoms with Crippen LogP contribution < -0.4 is 10.6 Å². The fourth-order valence-corrected chi connectivity index (χ4v) is 3.76. The topological polar surface area (TPSA) is 84.5 Å². The van der Waals surface area contributed by atoms with E-state index >= 15 is 0 Å². The van der Waals surface area contributed by atoms with Crippen LogP contribution in [0.15, 0.2) is 36.0 Å². The van der Waals surface area contributed by atoms with Crippen LogP contribution in [0, 0.1) is 0 Å². The molecule has 3 amide bonds. The molecule has 0 bridgehead atoms. The van der Waals surface area contributed by atoms with Crippen molar-refractivity contribution in [1.29, 1.82) is 0 Å². The average molecular weight is 326 g/mol.